The van der Waals surface area contributed by atoms with Gasteiger partial charge in [0.15, 0.2) is 0 Å². The maximum absolute atomic E-state index is 14.0. The number of benzene rings is 1. The standard InChI is InChI=1S/C29H34F3N3O2/c30-29(31,32)23-15-20-19-35(12-8-25(20)33-18-23)26(36)27-9-4-7-22(27)16-24(17-27)34-13-10-28(37,11-14-34)21-5-2-1-3-6-21/h1-3,5-6,15,18,22,24,37H,4,7-14,16-17,19H2/t22-,24-,27-/m1/s1. The van der Waals surface area contributed by atoms with E-state index in [2.05, 4.69) is 9.88 Å². The van der Waals surface area contributed by atoms with Gasteiger partial charge in [-0.15, -0.1) is 0 Å². The molecule has 0 radical (unpaired) electrons. The number of piperidine rings is 1. The molecule has 2 aromatic rings. The molecule has 1 aromatic heterocycles. The van der Waals surface area contributed by atoms with E-state index in [1.165, 1.54) is 6.07 Å². The Labute approximate surface area is 215 Å². The van der Waals surface area contributed by atoms with Crippen molar-refractivity contribution in [2.45, 2.75) is 75.7 Å². The second-order valence-corrected chi connectivity index (χ2v) is 11.6. The van der Waals surface area contributed by atoms with Crippen LogP contribution in [0.25, 0.3) is 0 Å². The molecular formula is C29H34F3N3O2. The van der Waals surface area contributed by atoms with E-state index in [0.29, 0.717) is 49.0 Å². The van der Waals surface area contributed by atoms with Crippen LogP contribution in [0.4, 0.5) is 13.2 Å². The van der Waals surface area contributed by atoms with Crippen LogP contribution in [0.15, 0.2) is 42.6 Å². The minimum atomic E-state index is -4.44. The molecule has 6 rings (SSSR count). The Balaban J connectivity index is 1.15. The van der Waals surface area contributed by atoms with Crippen LogP contribution in [0.2, 0.25) is 0 Å². The quantitative estimate of drug-likeness (QED) is 0.633. The summed E-state index contributed by atoms with van der Waals surface area (Å²) in [6, 6.07) is 11.4. The monoisotopic (exact) mass is 513 g/mol. The van der Waals surface area contributed by atoms with Crippen LogP contribution < -0.4 is 0 Å². The third-order valence-electron chi connectivity index (χ3n) is 9.65. The average Bonchev–Trinajstić information content (AvgIpc) is 3.47. The van der Waals surface area contributed by atoms with E-state index >= 15 is 0 Å². The lowest BCUT2D eigenvalue weighted by molar-refractivity contribution is -0.144. The smallest absolute Gasteiger partial charge is 0.385 e. The molecule has 198 valence electrons. The zero-order valence-electron chi connectivity index (χ0n) is 21.0. The minimum absolute atomic E-state index is 0.123. The topological polar surface area (TPSA) is 56.7 Å². The van der Waals surface area contributed by atoms with Crippen LogP contribution in [0, 0.1) is 11.3 Å². The number of carbonyl (C=O) groups is 1. The summed E-state index contributed by atoms with van der Waals surface area (Å²) in [5, 5.41) is 11.3. The van der Waals surface area contributed by atoms with Gasteiger partial charge in [0.2, 0.25) is 5.91 Å². The van der Waals surface area contributed by atoms with Gasteiger partial charge in [0.25, 0.3) is 0 Å². The van der Waals surface area contributed by atoms with Gasteiger partial charge in [-0.2, -0.15) is 13.2 Å². The van der Waals surface area contributed by atoms with Crippen molar-refractivity contribution in [1.29, 1.82) is 0 Å². The molecule has 2 saturated carbocycles. The van der Waals surface area contributed by atoms with Crippen molar-refractivity contribution in [3.05, 3.63) is 65.0 Å². The van der Waals surface area contributed by atoms with Crippen molar-refractivity contribution in [1.82, 2.24) is 14.8 Å². The molecule has 0 bridgehead atoms. The van der Waals surface area contributed by atoms with E-state index in [4.69, 9.17) is 0 Å². The summed E-state index contributed by atoms with van der Waals surface area (Å²) in [6.07, 6.45) is 3.03. The number of halogens is 3. The normalized spacial score (nSPS) is 29.7. The van der Waals surface area contributed by atoms with E-state index in [1.54, 1.807) is 4.90 Å². The highest BCUT2D eigenvalue weighted by Crippen LogP contribution is 2.57. The van der Waals surface area contributed by atoms with Gasteiger partial charge in [0.05, 0.1) is 16.6 Å². The summed E-state index contributed by atoms with van der Waals surface area (Å²) in [5.41, 5.74) is 0.193. The van der Waals surface area contributed by atoms with Gasteiger partial charge in [-0.1, -0.05) is 36.8 Å². The Kier molecular flexibility index (Phi) is 6.10. The van der Waals surface area contributed by atoms with Crippen LogP contribution in [-0.2, 0) is 29.5 Å². The Morgan fingerprint density at radius 1 is 1.08 bits per heavy atom. The molecular weight excluding hydrogens is 479 g/mol. The molecule has 1 saturated heterocycles. The van der Waals surface area contributed by atoms with Crippen molar-refractivity contribution in [3.63, 3.8) is 0 Å². The van der Waals surface area contributed by atoms with Gasteiger partial charge in [-0.05, 0) is 61.6 Å². The van der Waals surface area contributed by atoms with E-state index in [1.807, 2.05) is 30.3 Å². The minimum Gasteiger partial charge on any atom is -0.385 e. The third kappa shape index (κ3) is 4.36. The first-order chi connectivity index (χ1) is 17.7. The van der Waals surface area contributed by atoms with Gasteiger partial charge in [0.1, 0.15) is 0 Å². The van der Waals surface area contributed by atoms with Crippen LogP contribution in [0.5, 0.6) is 0 Å². The summed E-state index contributed by atoms with van der Waals surface area (Å²) >= 11 is 0. The maximum atomic E-state index is 14.0. The lowest BCUT2D eigenvalue weighted by Crippen LogP contribution is -2.48. The number of carbonyl (C=O) groups excluding carboxylic acids is 1. The molecule has 3 heterocycles. The molecule has 2 aliphatic carbocycles. The summed E-state index contributed by atoms with van der Waals surface area (Å²) in [4.78, 5) is 22.4. The van der Waals surface area contributed by atoms with E-state index in [0.717, 1.165) is 57.0 Å². The SMILES string of the molecule is O=C(N1CCc2ncc(C(F)(F)F)cc2C1)[C@@]12CCC[C@@H]1C[C@@H](N1CCC(O)(c3ccccc3)CC1)C2. The van der Waals surface area contributed by atoms with Crippen LogP contribution in [0.3, 0.4) is 0 Å². The molecule has 1 aromatic carbocycles. The maximum Gasteiger partial charge on any atom is 0.417 e. The lowest BCUT2D eigenvalue weighted by Gasteiger charge is -2.42. The number of aromatic nitrogens is 1. The largest absolute Gasteiger partial charge is 0.417 e. The summed E-state index contributed by atoms with van der Waals surface area (Å²) < 4.78 is 39.8. The fourth-order valence-corrected chi connectivity index (χ4v) is 7.60. The molecule has 1 amide bonds. The molecule has 4 aliphatic rings. The fraction of sp³-hybridized carbons (Fsp3) is 0.586. The van der Waals surface area contributed by atoms with Crippen LogP contribution in [-0.4, -0.2) is 51.5 Å². The van der Waals surface area contributed by atoms with Gasteiger partial charge in [-0.3, -0.25) is 9.78 Å². The number of fused-ring (bicyclic) bond motifs is 2. The summed E-state index contributed by atoms with van der Waals surface area (Å²) in [7, 11) is 0. The number of rotatable bonds is 3. The second-order valence-electron chi connectivity index (χ2n) is 11.6. The molecule has 0 spiro atoms. The number of pyridine rings is 1. The first-order valence-corrected chi connectivity index (χ1v) is 13.5. The van der Waals surface area contributed by atoms with Gasteiger partial charge in [-0.25, -0.2) is 0 Å². The first-order valence-electron chi connectivity index (χ1n) is 13.5. The number of alkyl halides is 3. The molecule has 0 unspecified atom stereocenters. The number of hydrogen-bond donors (Lipinski definition) is 1. The number of amides is 1. The predicted molar refractivity (Wildman–Crippen MR) is 132 cm³/mol. The molecule has 2 aliphatic heterocycles. The summed E-state index contributed by atoms with van der Waals surface area (Å²) in [6.45, 7) is 2.32. The van der Waals surface area contributed by atoms with Crippen molar-refractivity contribution < 1.29 is 23.1 Å². The first kappa shape index (κ1) is 24.9. The Bertz CT molecular complexity index is 1160. The summed E-state index contributed by atoms with van der Waals surface area (Å²) in [5.74, 6) is 0.444. The molecule has 3 atom stereocenters. The Morgan fingerprint density at radius 3 is 2.57 bits per heavy atom. The number of hydrogen-bond acceptors (Lipinski definition) is 4. The zero-order chi connectivity index (χ0) is 25.8. The Morgan fingerprint density at radius 2 is 1.84 bits per heavy atom. The molecule has 37 heavy (non-hydrogen) atoms. The molecule has 5 nitrogen and oxygen atoms in total. The fourth-order valence-electron chi connectivity index (χ4n) is 7.60. The van der Waals surface area contributed by atoms with Gasteiger partial charge in [0, 0.05) is 50.5 Å². The van der Waals surface area contributed by atoms with E-state index < -0.39 is 22.8 Å². The van der Waals surface area contributed by atoms with Crippen molar-refractivity contribution >= 4 is 5.91 Å². The molecule has 3 fully saturated rings. The van der Waals surface area contributed by atoms with Gasteiger partial charge >= 0.3 is 6.18 Å². The van der Waals surface area contributed by atoms with E-state index in [-0.39, 0.29) is 12.5 Å². The zero-order valence-corrected chi connectivity index (χ0v) is 21.0. The highest BCUT2D eigenvalue weighted by Gasteiger charge is 2.57. The van der Waals surface area contributed by atoms with Crippen molar-refractivity contribution in [2.24, 2.45) is 11.3 Å². The molecule has 8 heteroatoms. The average molecular weight is 514 g/mol. The van der Waals surface area contributed by atoms with Crippen LogP contribution >= 0.6 is 0 Å². The van der Waals surface area contributed by atoms with Crippen molar-refractivity contribution in [3.8, 4) is 0 Å². The number of aliphatic hydroxyl groups is 1. The van der Waals surface area contributed by atoms with Crippen molar-refractivity contribution in [2.75, 3.05) is 19.6 Å². The lowest BCUT2D eigenvalue weighted by atomic mass is 9.78. The number of likely N-dealkylation sites (tertiary alicyclic amines) is 1. The van der Waals surface area contributed by atoms with Gasteiger partial charge < -0.3 is 14.9 Å². The number of nitrogens with zero attached hydrogens (tertiary/aromatic N) is 3. The second kappa shape index (κ2) is 9.09. The van der Waals surface area contributed by atoms with Crippen LogP contribution in [0.1, 0.15) is 67.3 Å². The predicted octanol–water partition coefficient (Wildman–Crippen LogP) is 4.92. The van der Waals surface area contributed by atoms with E-state index in [9.17, 15) is 23.1 Å². The highest BCUT2D eigenvalue weighted by molar-refractivity contribution is 5.84. The third-order valence-corrected chi connectivity index (χ3v) is 9.65. The highest BCUT2D eigenvalue weighted by atomic mass is 19.4. The Hall–Kier alpha value is -2.45. The molecule has 1 N–H and O–H groups in total.